The summed E-state index contributed by atoms with van der Waals surface area (Å²) >= 11 is 3.59. The van der Waals surface area contributed by atoms with Crippen molar-refractivity contribution in [1.29, 1.82) is 0 Å². The SMILES string of the molecule is CC1(C)CCCN(CCC(N)c2ccccc2Br)C1. The fraction of sp³-hybridized carbons (Fsp3) is 0.625. The number of nitrogens with two attached hydrogens (primary N) is 1. The summed E-state index contributed by atoms with van der Waals surface area (Å²) in [6.07, 6.45) is 3.69. The van der Waals surface area contributed by atoms with Gasteiger partial charge in [-0.15, -0.1) is 0 Å². The van der Waals surface area contributed by atoms with Crippen LogP contribution in [0.2, 0.25) is 0 Å². The van der Waals surface area contributed by atoms with Crippen LogP contribution < -0.4 is 5.73 Å². The molecule has 1 saturated heterocycles. The van der Waals surface area contributed by atoms with Crippen molar-refractivity contribution in [3.05, 3.63) is 34.3 Å². The predicted octanol–water partition coefficient (Wildman–Crippen LogP) is 3.96. The van der Waals surface area contributed by atoms with Gasteiger partial charge in [0.1, 0.15) is 0 Å². The van der Waals surface area contributed by atoms with Crippen molar-refractivity contribution in [2.75, 3.05) is 19.6 Å². The second-order valence-electron chi connectivity index (χ2n) is 6.46. The van der Waals surface area contributed by atoms with E-state index in [-0.39, 0.29) is 6.04 Å². The molecule has 0 aliphatic carbocycles. The maximum absolute atomic E-state index is 6.32. The molecule has 1 aromatic carbocycles. The van der Waals surface area contributed by atoms with Gasteiger partial charge in [0.05, 0.1) is 0 Å². The summed E-state index contributed by atoms with van der Waals surface area (Å²) in [7, 11) is 0. The Hall–Kier alpha value is -0.380. The van der Waals surface area contributed by atoms with Crippen molar-refractivity contribution < 1.29 is 0 Å². The molecule has 0 bridgehead atoms. The molecule has 1 aromatic rings. The van der Waals surface area contributed by atoms with Crippen LogP contribution in [0.3, 0.4) is 0 Å². The molecule has 106 valence electrons. The molecule has 0 radical (unpaired) electrons. The largest absolute Gasteiger partial charge is 0.324 e. The van der Waals surface area contributed by atoms with Crippen LogP contribution in [0.15, 0.2) is 28.7 Å². The van der Waals surface area contributed by atoms with Gasteiger partial charge in [-0.3, -0.25) is 0 Å². The third-order valence-electron chi connectivity index (χ3n) is 4.04. The van der Waals surface area contributed by atoms with Crippen LogP contribution >= 0.6 is 15.9 Å². The summed E-state index contributed by atoms with van der Waals surface area (Å²) in [4.78, 5) is 2.57. The first-order chi connectivity index (χ1) is 8.98. The van der Waals surface area contributed by atoms with E-state index in [1.54, 1.807) is 0 Å². The summed E-state index contributed by atoms with van der Waals surface area (Å²) in [5.41, 5.74) is 8.01. The number of halogens is 1. The first kappa shape index (κ1) is 15.0. The molecule has 1 atom stereocenters. The zero-order chi connectivity index (χ0) is 13.9. The Balaban J connectivity index is 1.87. The fourth-order valence-electron chi connectivity index (χ4n) is 2.99. The van der Waals surface area contributed by atoms with Gasteiger partial charge in [-0.05, 0) is 49.4 Å². The van der Waals surface area contributed by atoms with Gasteiger partial charge in [0.15, 0.2) is 0 Å². The molecule has 1 heterocycles. The summed E-state index contributed by atoms with van der Waals surface area (Å²) < 4.78 is 1.13. The maximum Gasteiger partial charge on any atom is 0.0318 e. The van der Waals surface area contributed by atoms with Crippen molar-refractivity contribution >= 4 is 15.9 Å². The van der Waals surface area contributed by atoms with E-state index in [0.717, 1.165) is 17.4 Å². The first-order valence-corrected chi connectivity index (χ1v) is 8.00. The minimum atomic E-state index is 0.126. The van der Waals surface area contributed by atoms with E-state index in [1.807, 2.05) is 6.07 Å². The number of nitrogens with zero attached hydrogens (tertiary/aromatic N) is 1. The van der Waals surface area contributed by atoms with Crippen LogP contribution in [0.4, 0.5) is 0 Å². The lowest BCUT2D eigenvalue weighted by atomic mass is 9.84. The van der Waals surface area contributed by atoms with Gasteiger partial charge in [-0.1, -0.05) is 48.0 Å². The van der Waals surface area contributed by atoms with Gasteiger partial charge in [-0.25, -0.2) is 0 Å². The minimum Gasteiger partial charge on any atom is -0.324 e. The van der Waals surface area contributed by atoms with Crippen LogP contribution in [0.25, 0.3) is 0 Å². The number of rotatable bonds is 4. The lowest BCUT2D eigenvalue weighted by Gasteiger charge is -2.38. The normalized spacial score (nSPS) is 21.3. The molecule has 2 N–H and O–H groups in total. The molecule has 3 heteroatoms. The molecule has 2 nitrogen and oxygen atoms in total. The highest BCUT2D eigenvalue weighted by molar-refractivity contribution is 9.10. The molecule has 1 aliphatic heterocycles. The molecule has 0 amide bonds. The molecule has 2 rings (SSSR count). The Morgan fingerprint density at radius 2 is 2.11 bits per heavy atom. The van der Waals surface area contributed by atoms with Crippen LogP contribution in [-0.4, -0.2) is 24.5 Å². The van der Waals surface area contributed by atoms with Gasteiger partial charge >= 0.3 is 0 Å². The maximum atomic E-state index is 6.32. The second kappa shape index (κ2) is 6.38. The van der Waals surface area contributed by atoms with Crippen LogP contribution in [0.1, 0.15) is 44.7 Å². The van der Waals surface area contributed by atoms with Crippen LogP contribution in [0, 0.1) is 5.41 Å². The number of benzene rings is 1. The lowest BCUT2D eigenvalue weighted by molar-refractivity contribution is 0.115. The molecule has 0 aromatic heterocycles. The van der Waals surface area contributed by atoms with Crippen LogP contribution in [0.5, 0.6) is 0 Å². The minimum absolute atomic E-state index is 0.126. The summed E-state index contributed by atoms with van der Waals surface area (Å²) in [6, 6.07) is 8.41. The van der Waals surface area contributed by atoms with Crippen molar-refractivity contribution in [3.63, 3.8) is 0 Å². The molecule has 1 aliphatic rings. The Labute approximate surface area is 125 Å². The number of hydrogen-bond donors (Lipinski definition) is 1. The summed E-state index contributed by atoms with van der Waals surface area (Å²) in [5.74, 6) is 0. The highest BCUT2D eigenvalue weighted by Crippen LogP contribution is 2.29. The average molecular weight is 325 g/mol. The van der Waals surface area contributed by atoms with E-state index >= 15 is 0 Å². The van der Waals surface area contributed by atoms with E-state index in [2.05, 4.69) is 52.9 Å². The molecular formula is C16H25BrN2. The Morgan fingerprint density at radius 1 is 1.37 bits per heavy atom. The zero-order valence-electron chi connectivity index (χ0n) is 12.0. The molecular weight excluding hydrogens is 300 g/mol. The fourth-order valence-corrected chi connectivity index (χ4v) is 3.57. The number of piperidine rings is 1. The second-order valence-corrected chi connectivity index (χ2v) is 7.31. The third-order valence-corrected chi connectivity index (χ3v) is 4.76. The van der Waals surface area contributed by atoms with E-state index in [9.17, 15) is 0 Å². The number of hydrogen-bond acceptors (Lipinski definition) is 2. The predicted molar refractivity (Wildman–Crippen MR) is 85.1 cm³/mol. The zero-order valence-corrected chi connectivity index (χ0v) is 13.6. The molecule has 1 fully saturated rings. The van der Waals surface area contributed by atoms with Crippen LogP contribution in [-0.2, 0) is 0 Å². The standard InChI is InChI=1S/C16H25BrN2/c1-16(2)9-5-10-19(12-16)11-8-15(18)13-6-3-4-7-14(13)17/h3-4,6-7,15H,5,8-12,18H2,1-2H3. The topological polar surface area (TPSA) is 29.3 Å². The van der Waals surface area contributed by atoms with E-state index in [4.69, 9.17) is 5.73 Å². The van der Waals surface area contributed by atoms with Crippen molar-refractivity contribution in [1.82, 2.24) is 4.90 Å². The van der Waals surface area contributed by atoms with Gasteiger partial charge in [-0.2, -0.15) is 0 Å². The smallest absolute Gasteiger partial charge is 0.0318 e. The third kappa shape index (κ3) is 4.30. The van der Waals surface area contributed by atoms with E-state index in [1.165, 1.54) is 31.5 Å². The van der Waals surface area contributed by atoms with Gasteiger partial charge < -0.3 is 10.6 Å². The average Bonchev–Trinajstić information content (AvgIpc) is 2.35. The van der Waals surface area contributed by atoms with E-state index in [0.29, 0.717) is 5.41 Å². The molecule has 1 unspecified atom stereocenters. The summed E-state index contributed by atoms with van der Waals surface area (Å²) in [6.45, 7) is 8.27. The monoisotopic (exact) mass is 324 g/mol. The van der Waals surface area contributed by atoms with Crippen molar-refractivity contribution in [2.45, 2.75) is 39.2 Å². The molecule has 19 heavy (non-hydrogen) atoms. The number of likely N-dealkylation sites (tertiary alicyclic amines) is 1. The summed E-state index contributed by atoms with van der Waals surface area (Å²) in [5, 5.41) is 0. The van der Waals surface area contributed by atoms with E-state index < -0.39 is 0 Å². The quantitative estimate of drug-likeness (QED) is 0.908. The highest BCUT2D eigenvalue weighted by atomic mass is 79.9. The van der Waals surface area contributed by atoms with Gasteiger partial charge in [0, 0.05) is 17.1 Å². The van der Waals surface area contributed by atoms with Crippen molar-refractivity contribution in [2.24, 2.45) is 11.1 Å². The highest BCUT2D eigenvalue weighted by Gasteiger charge is 2.26. The first-order valence-electron chi connectivity index (χ1n) is 7.20. The Bertz CT molecular complexity index is 417. The van der Waals surface area contributed by atoms with Gasteiger partial charge in [0.25, 0.3) is 0 Å². The Kier molecular flexibility index (Phi) is 5.04. The Morgan fingerprint density at radius 3 is 2.79 bits per heavy atom. The lowest BCUT2D eigenvalue weighted by Crippen LogP contribution is -2.41. The molecule has 0 spiro atoms. The van der Waals surface area contributed by atoms with Crippen molar-refractivity contribution in [3.8, 4) is 0 Å². The molecule has 0 saturated carbocycles. The van der Waals surface area contributed by atoms with Gasteiger partial charge in [0.2, 0.25) is 0 Å².